The van der Waals surface area contributed by atoms with Gasteiger partial charge in [-0.05, 0) is 66.6 Å². The molecule has 7 nitrogen and oxygen atoms in total. The third-order valence-corrected chi connectivity index (χ3v) is 10.6. The molecule has 1 aromatic heterocycles. The summed E-state index contributed by atoms with van der Waals surface area (Å²) in [7, 11) is 0. The van der Waals surface area contributed by atoms with Gasteiger partial charge < -0.3 is 5.32 Å². The Morgan fingerprint density at radius 3 is 2.27 bits per heavy atom. The maximum atomic E-state index is 13.9. The van der Waals surface area contributed by atoms with Gasteiger partial charge in [-0.1, -0.05) is 79.2 Å². The zero-order valence-electron chi connectivity index (χ0n) is 21.0. The Hall–Kier alpha value is -2.99. The van der Waals surface area contributed by atoms with Crippen molar-refractivity contribution in [3.63, 3.8) is 0 Å². The number of amides is 3. The van der Waals surface area contributed by atoms with E-state index in [-0.39, 0.29) is 29.1 Å². The molecule has 0 bridgehead atoms. The van der Waals surface area contributed by atoms with Gasteiger partial charge in [0.05, 0.1) is 16.6 Å². The second-order valence-corrected chi connectivity index (χ2v) is 13.6. The van der Waals surface area contributed by atoms with E-state index in [0.29, 0.717) is 21.3 Å². The summed E-state index contributed by atoms with van der Waals surface area (Å²) in [5, 5.41) is 2.68. The van der Waals surface area contributed by atoms with E-state index in [9.17, 15) is 19.2 Å². The van der Waals surface area contributed by atoms with Crippen LogP contribution in [-0.4, -0.2) is 27.5 Å². The number of imide groups is 1. The molecule has 1 N–H and O–H groups in total. The summed E-state index contributed by atoms with van der Waals surface area (Å²) in [5.74, 6) is -2.17. The highest BCUT2D eigenvalue weighted by Crippen LogP contribution is 2.54. The minimum absolute atomic E-state index is 0.200. The molecule has 4 aromatic rings. The van der Waals surface area contributed by atoms with Crippen LogP contribution in [0.5, 0.6) is 0 Å². The summed E-state index contributed by atoms with van der Waals surface area (Å²) in [6.07, 6.45) is 0. The van der Waals surface area contributed by atoms with Crippen LogP contribution in [0.1, 0.15) is 21.9 Å². The average molecular weight is 699 g/mol. The molecule has 2 aliphatic rings. The van der Waals surface area contributed by atoms with Crippen molar-refractivity contribution >= 4 is 84.1 Å². The van der Waals surface area contributed by atoms with Crippen molar-refractivity contribution in [2.45, 2.75) is 29.7 Å². The fraction of sp³-hybridized carbons (Fsp3) is 0.172. The lowest BCUT2D eigenvalue weighted by Gasteiger charge is -2.30. The third-order valence-electron chi connectivity index (χ3n) is 6.97. The summed E-state index contributed by atoms with van der Waals surface area (Å²) < 4.78 is 3.14. The number of halogens is 2. The van der Waals surface area contributed by atoms with Crippen LogP contribution in [0.15, 0.2) is 91.6 Å². The topological polar surface area (TPSA) is 88.5 Å². The maximum Gasteiger partial charge on any atom is 0.308 e. The Morgan fingerprint density at radius 1 is 0.925 bits per heavy atom. The summed E-state index contributed by atoms with van der Waals surface area (Å²) >= 11 is 9.11. The van der Waals surface area contributed by atoms with E-state index >= 15 is 0 Å². The number of nitrogens with one attached hydrogen (secondary N) is 1. The van der Waals surface area contributed by atoms with Crippen molar-refractivity contribution in [1.82, 2.24) is 4.57 Å². The Bertz CT molecular complexity index is 1720. The molecule has 3 aromatic carbocycles. The predicted octanol–water partition coefficient (Wildman–Crippen LogP) is 6.18. The lowest BCUT2D eigenvalue weighted by molar-refractivity contribution is -0.122. The van der Waals surface area contributed by atoms with Gasteiger partial charge in [0.15, 0.2) is 0 Å². The first-order valence-electron chi connectivity index (χ1n) is 12.4. The number of nitrogens with zero attached hydrogens (tertiary/aromatic N) is 2. The molecule has 0 aliphatic carbocycles. The molecule has 2 aliphatic heterocycles. The van der Waals surface area contributed by atoms with Gasteiger partial charge in [0.2, 0.25) is 17.7 Å². The summed E-state index contributed by atoms with van der Waals surface area (Å²) in [4.78, 5) is 55.6. The van der Waals surface area contributed by atoms with Gasteiger partial charge in [-0.2, -0.15) is 0 Å². The van der Waals surface area contributed by atoms with E-state index in [0.717, 1.165) is 31.4 Å². The zero-order valence-corrected chi connectivity index (χ0v) is 25.8. The highest BCUT2D eigenvalue weighted by Gasteiger charge is 2.56. The Kier molecular flexibility index (Phi) is 7.32. The summed E-state index contributed by atoms with van der Waals surface area (Å²) in [6.45, 7) is 1.73. The number of carbonyl (C=O) groups excluding carboxylic acids is 3. The standard InChI is InChI=1S/C29H21Br2N3O4S2/c1-15-3-2-4-19(13-15)32-21(35)14-33-28-25(40-29(33)38)22(16-5-7-17(30)8-6-16)23-24(39-28)27(37)34(26(23)36)20-11-9-18(31)10-12-20/h2-13,22-24H,14H2,1H3,(H,32,35)/t22-,23-,24+/m0/s1. The second kappa shape index (κ2) is 10.8. The molecule has 1 fully saturated rings. The van der Waals surface area contributed by atoms with Crippen molar-refractivity contribution in [3.8, 4) is 0 Å². The molecule has 0 saturated carbocycles. The molecule has 0 unspecified atom stereocenters. The van der Waals surface area contributed by atoms with Crippen molar-refractivity contribution < 1.29 is 14.4 Å². The van der Waals surface area contributed by atoms with Crippen LogP contribution >= 0.6 is 55.0 Å². The molecule has 3 heterocycles. The number of hydrogen-bond acceptors (Lipinski definition) is 6. The van der Waals surface area contributed by atoms with Crippen LogP contribution in [-0.2, 0) is 20.9 Å². The number of aryl methyl sites for hydroxylation is 1. The molecule has 0 spiro atoms. The molecular formula is C29H21Br2N3O4S2. The Labute approximate surface area is 254 Å². The van der Waals surface area contributed by atoms with E-state index in [4.69, 9.17) is 0 Å². The van der Waals surface area contributed by atoms with Crippen LogP contribution in [0, 0.1) is 12.8 Å². The van der Waals surface area contributed by atoms with Gasteiger partial charge in [0, 0.05) is 25.4 Å². The van der Waals surface area contributed by atoms with Crippen LogP contribution in [0.25, 0.3) is 0 Å². The van der Waals surface area contributed by atoms with Crippen molar-refractivity contribution in [1.29, 1.82) is 0 Å². The minimum Gasteiger partial charge on any atom is -0.325 e. The number of aromatic nitrogens is 1. The van der Waals surface area contributed by atoms with Crippen LogP contribution in [0.3, 0.4) is 0 Å². The first-order chi connectivity index (χ1) is 19.2. The van der Waals surface area contributed by atoms with Gasteiger partial charge in [-0.15, -0.1) is 0 Å². The molecule has 0 radical (unpaired) electrons. The Balaban J connectivity index is 1.41. The SMILES string of the molecule is Cc1cccc(NC(=O)Cn2c3c(sc2=O)[C@@H](c2ccc(Br)cc2)[C@@H]2C(=O)N(c4ccc(Br)cc4)C(=O)[C@@H]2S3)c1. The number of thiazole rings is 1. The highest BCUT2D eigenvalue weighted by molar-refractivity contribution is 9.10. The number of thioether (sulfide) groups is 1. The van der Waals surface area contributed by atoms with Crippen molar-refractivity contribution in [2.75, 3.05) is 10.2 Å². The van der Waals surface area contributed by atoms with Crippen LogP contribution in [0.2, 0.25) is 0 Å². The van der Waals surface area contributed by atoms with Crippen LogP contribution in [0.4, 0.5) is 11.4 Å². The zero-order chi connectivity index (χ0) is 28.1. The molecule has 1 saturated heterocycles. The van der Waals surface area contributed by atoms with Gasteiger partial charge in [-0.3, -0.25) is 23.7 Å². The van der Waals surface area contributed by atoms with E-state index in [2.05, 4.69) is 37.2 Å². The lowest BCUT2D eigenvalue weighted by Crippen LogP contribution is -2.33. The Morgan fingerprint density at radius 2 is 1.60 bits per heavy atom. The number of rotatable bonds is 5. The molecule has 3 atom stereocenters. The largest absolute Gasteiger partial charge is 0.325 e. The molecule has 3 amide bonds. The second-order valence-electron chi connectivity index (χ2n) is 9.62. The fourth-order valence-corrected chi connectivity index (χ4v) is 8.50. The van der Waals surface area contributed by atoms with Crippen molar-refractivity contribution in [2.24, 2.45) is 5.92 Å². The van der Waals surface area contributed by atoms with Crippen molar-refractivity contribution in [3.05, 3.63) is 107 Å². The predicted molar refractivity (Wildman–Crippen MR) is 164 cm³/mol. The first kappa shape index (κ1) is 27.2. The van der Waals surface area contributed by atoms with E-state index in [1.54, 1.807) is 30.3 Å². The quantitative estimate of drug-likeness (QED) is 0.252. The van der Waals surface area contributed by atoms with Gasteiger partial charge in [0.1, 0.15) is 11.8 Å². The van der Waals surface area contributed by atoms with Gasteiger partial charge in [0.25, 0.3) is 0 Å². The van der Waals surface area contributed by atoms with E-state index < -0.39 is 17.1 Å². The first-order valence-corrected chi connectivity index (χ1v) is 15.6. The van der Waals surface area contributed by atoms with E-state index in [1.165, 1.54) is 21.2 Å². The van der Waals surface area contributed by atoms with E-state index in [1.807, 2.05) is 49.4 Å². The molecule has 40 heavy (non-hydrogen) atoms. The normalized spacial score (nSPS) is 19.9. The highest BCUT2D eigenvalue weighted by atomic mass is 79.9. The fourth-order valence-electron chi connectivity index (χ4n) is 5.20. The third kappa shape index (κ3) is 4.89. The lowest BCUT2D eigenvalue weighted by atomic mass is 9.83. The average Bonchev–Trinajstić information content (AvgIpc) is 3.36. The number of benzene rings is 3. The van der Waals surface area contributed by atoms with Crippen LogP contribution < -0.4 is 15.1 Å². The summed E-state index contributed by atoms with van der Waals surface area (Å²) in [6, 6.07) is 22.1. The number of anilines is 2. The summed E-state index contributed by atoms with van der Waals surface area (Å²) in [5.41, 5.74) is 2.98. The maximum absolute atomic E-state index is 13.9. The van der Waals surface area contributed by atoms with Gasteiger partial charge in [-0.25, -0.2) is 4.90 Å². The number of fused-ring (bicyclic) bond motifs is 2. The minimum atomic E-state index is -0.739. The number of carbonyl (C=O) groups is 3. The smallest absolute Gasteiger partial charge is 0.308 e. The molecule has 11 heteroatoms. The van der Waals surface area contributed by atoms with Gasteiger partial charge >= 0.3 is 4.87 Å². The molecule has 202 valence electrons. The number of hydrogen-bond donors (Lipinski definition) is 1. The monoisotopic (exact) mass is 697 g/mol. The molecular weight excluding hydrogens is 678 g/mol. The molecule has 6 rings (SSSR count).